The van der Waals surface area contributed by atoms with Crippen molar-refractivity contribution in [3.8, 4) is 0 Å². The molecule has 1 fully saturated rings. The number of carbonyl (C=O) groups excluding carboxylic acids is 1. The summed E-state index contributed by atoms with van der Waals surface area (Å²) in [6.07, 6.45) is 3.75. The Hall–Kier alpha value is -1.49. The molecule has 0 heterocycles. The van der Waals surface area contributed by atoms with Gasteiger partial charge in [-0.25, -0.2) is 0 Å². The minimum Gasteiger partial charge on any atom is -0.481 e. The summed E-state index contributed by atoms with van der Waals surface area (Å²) in [7, 11) is 0. The minimum absolute atomic E-state index is 0.0276. The Morgan fingerprint density at radius 2 is 1.86 bits per heavy atom. The highest BCUT2D eigenvalue weighted by atomic mass is 32.2. The van der Waals surface area contributed by atoms with E-state index < -0.39 is 5.97 Å². The van der Waals surface area contributed by atoms with Crippen LogP contribution in [0.2, 0.25) is 0 Å². The zero-order valence-corrected chi connectivity index (χ0v) is 13.2. The Kier molecular flexibility index (Phi) is 5.28. The van der Waals surface area contributed by atoms with Gasteiger partial charge in [0, 0.05) is 10.8 Å². The fraction of sp³-hybridized carbons (Fsp3) is 0.500. The molecule has 21 heavy (non-hydrogen) atoms. The molecule has 114 valence electrons. The van der Waals surface area contributed by atoms with Crippen molar-refractivity contribution in [2.75, 3.05) is 6.26 Å². The van der Waals surface area contributed by atoms with Crippen LogP contribution in [0.3, 0.4) is 0 Å². The van der Waals surface area contributed by atoms with Gasteiger partial charge in [0.05, 0.1) is 12.0 Å². The summed E-state index contributed by atoms with van der Waals surface area (Å²) in [5.74, 6) is -1.35. The molecule has 0 aromatic heterocycles. The van der Waals surface area contributed by atoms with Gasteiger partial charge in [-0.3, -0.25) is 9.59 Å². The lowest BCUT2D eigenvalue weighted by molar-refractivity contribution is -0.141. The van der Waals surface area contributed by atoms with Crippen LogP contribution in [0.4, 0.5) is 0 Å². The zero-order chi connectivity index (χ0) is 15.4. The Labute approximate surface area is 129 Å². The number of carboxylic acids is 1. The molecule has 1 aromatic carbocycles. The monoisotopic (exact) mass is 307 g/mol. The summed E-state index contributed by atoms with van der Waals surface area (Å²) in [6.45, 7) is 1.95. The standard InChI is InChI=1S/C16H21NO3S/c1-10(11-5-7-14(21-2)8-6-11)17-15(18)12-3-4-13(9-12)16(19)20/h5-8,10,12-13H,3-4,9H2,1-2H3,(H,17,18)(H,19,20)/t10?,12-,13+/m1/s1. The van der Waals surface area contributed by atoms with Crippen LogP contribution in [0.5, 0.6) is 0 Å². The van der Waals surface area contributed by atoms with E-state index in [0.29, 0.717) is 19.3 Å². The normalized spacial score (nSPS) is 22.8. The van der Waals surface area contributed by atoms with Crippen molar-refractivity contribution >= 4 is 23.6 Å². The van der Waals surface area contributed by atoms with Crippen molar-refractivity contribution in [2.45, 2.75) is 37.1 Å². The molecule has 0 saturated heterocycles. The fourth-order valence-corrected chi connectivity index (χ4v) is 3.16. The van der Waals surface area contributed by atoms with Crippen molar-refractivity contribution in [3.63, 3.8) is 0 Å². The SMILES string of the molecule is CSc1ccc(C(C)NC(=O)[C@@H]2CC[C@H](C(=O)O)C2)cc1. The van der Waals surface area contributed by atoms with E-state index in [0.717, 1.165) is 5.56 Å². The average Bonchev–Trinajstić information content (AvgIpc) is 2.97. The molecular weight excluding hydrogens is 286 g/mol. The van der Waals surface area contributed by atoms with Crippen LogP contribution < -0.4 is 5.32 Å². The number of thioether (sulfide) groups is 1. The molecular formula is C16H21NO3S. The van der Waals surface area contributed by atoms with Crippen LogP contribution >= 0.6 is 11.8 Å². The first-order chi connectivity index (χ1) is 10.0. The van der Waals surface area contributed by atoms with Gasteiger partial charge in [-0.1, -0.05) is 12.1 Å². The number of hydrogen-bond donors (Lipinski definition) is 2. The molecule has 0 radical (unpaired) electrons. The topological polar surface area (TPSA) is 66.4 Å². The van der Waals surface area contributed by atoms with Crippen LogP contribution in [-0.2, 0) is 9.59 Å². The van der Waals surface area contributed by atoms with E-state index in [1.165, 1.54) is 4.90 Å². The molecule has 2 rings (SSSR count). The summed E-state index contributed by atoms with van der Waals surface area (Å²) in [5, 5.41) is 12.0. The number of benzene rings is 1. The van der Waals surface area contributed by atoms with Gasteiger partial charge in [0.2, 0.25) is 5.91 Å². The van der Waals surface area contributed by atoms with E-state index in [4.69, 9.17) is 5.11 Å². The van der Waals surface area contributed by atoms with Crippen LogP contribution in [-0.4, -0.2) is 23.2 Å². The van der Waals surface area contributed by atoms with Gasteiger partial charge in [-0.15, -0.1) is 11.8 Å². The molecule has 0 spiro atoms. The molecule has 3 atom stereocenters. The third-order valence-electron chi connectivity index (χ3n) is 4.13. The Bertz CT molecular complexity index is 515. The summed E-state index contributed by atoms with van der Waals surface area (Å²) < 4.78 is 0. The number of rotatable bonds is 5. The van der Waals surface area contributed by atoms with E-state index in [-0.39, 0.29) is 23.8 Å². The Balaban J connectivity index is 1.91. The molecule has 1 saturated carbocycles. The van der Waals surface area contributed by atoms with Crippen LogP contribution in [0.25, 0.3) is 0 Å². The number of carbonyl (C=O) groups is 2. The first kappa shape index (κ1) is 15.9. The summed E-state index contributed by atoms with van der Waals surface area (Å²) in [4.78, 5) is 24.3. The number of hydrogen-bond acceptors (Lipinski definition) is 3. The predicted molar refractivity (Wildman–Crippen MR) is 83.2 cm³/mol. The maximum absolute atomic E-state index is 12.2. The quantitative estimate of drug-likeness (QED) is 0.820. The highest BCUT2D eigenvalue weighted by Crippen LogP contribution is 2.31. The van der Waals surface area contributed by atoms with E-state index >= 15 is 0 Å². The fourth-order valence-electron chi connectivity index (χ4n) is 2.75. The van der Waals surface area contributed by atoms with Gasteiger partial charge in [-0.2, -0.15) is 0 Å². The van der Waals surface area contributed by atoms with Crippen molar-refractivity contribution in [2.24, 2.45) is 11.8 Å². The van der Waals surface area contributed by atoms with Gasteiger partial charge in [-0.05, 0) is 50.1 Å². The molecule has 0 aliphatic heterocycles. The zero-order valence-electron chi connectivity index (χ0n) is 12.3. The largest absolute Gasteiger partial charge is 0.481 e. The number of amides is 1. The van der Waals surface area contributed by atoms with Gasteiger partial charge in [0.15, 0.2) is 0 Å². The maximum Gasteiger partial charge on any atom is 0.306 e. The Morgan fingerprint density at radius 1 is 1.24 bits per heavy atom. The predicted octanol–water partition coefficient (Wildman–Crippen LogP) is 3.09. The third kappa shape index (κ3) is 4.00. The van der Waals surface area contributed by atoms with Crippen molar-refractivity contribution in [1.29, 1.82) is 0 Å². The highest BCUT2D eigenvalue weighted by Gasteiger charge is 2.34. The molecule has 2 N–H and O–H groups in total. The van der Waals surface area contributed by atoms with Gasteiger partial charge in [0.1, 0.15) is 0 Å². The number of nitrogens with one attached hydrogen (secondary N) is 1. The summed E-state index contributed by atoms with van der Waals surface area (Å²) >= 11 is 1.68. The maximum atomic E-state index is 12.2. The van der Waals surface area contributed by atoms with Gasteiger partial charge < -0.3 is 10.4 Å². The van der Waals surface area contributed by atoms with Crippen LogP contribution in [0.1, 0.15) is 37.8 Å². The second-order valence-electron chi connectivity index (χ2n) is 5.55. The van der Waals surface area contributed by atoms with Crippen molar-refractivity contribution < 1.29 is 14.7 Å². The molecule has 0 bridgehead atoms. The smallest absolute Gasteiger partial charge is 0.306 e. The van der Waals surface area contributed by atoms with E-state index in [1.807, 2.05) is 37.4 Å². The lowest BCUT2D eigenvalue weighted by atomic mass is 10.0. The molecule has 1 aromatic rings. The number of aliphatic carboxylic acids is 1. The van der Waals surface area contributed by atoms with E-state index in [2.05, 4.69) is 5.32 Å². The van der Waals surface area contributed by atoms with Crippen molar-refractivity contribution in [1.82, 2.24) is 5.32 Å². The van der Waals surface area contributed by atoms with Crippen LogP contribution in [0, 0.1) is 11.8 Å². The molecule has 1 amide bonds. The lowest BCUT2D eigenvalue weighted by Crippen LogP contribution is -2.32. The first-order valence-electron chi connectivity index (χ1n) is 7.18. The summed E-state index contributed by atoms with van der Waals surface area (Å²) in [5.41, 5.74) is 1.06. The van der Waals surface area contributed by atoms with E-state index in [9.17, 15) is 9.59 Å². The first-order valence-corrected chi connectivity index (χ1v) is 8.41. The molecule has 4 nitrogen and oxygen atoms in total. The Morgan fingerprint density at radius 3 is 2.38 bits per heavy atom. The second kappa shape index (κ2) is 6.98. The second-order valence-corrected chi connectivity index (χ2v) is 6.43. The highest BCUT2D eigenvalue weighted by molar-refractivity contribution is 7.98. The average molecular weight is 307 g/mol. The molecule has 1 aliphatic rings. The van der Waals surface area contributed by atoms with Crippen molar-refractivity contribution in [3.05, 3.63) is 29.8 Å². The van der Waals surface area contributed by atoms with Gasteiger partial charge in [0.25, 0.3) is 0 Å². The van der Waals surface area contributed by atoms with Crippen LogP contribution in [0.15, 0.2) is 29.2 Å². The van der Waals surface area contributed by atoms with E-state index in [1.54, 1.807) is 11.8 Å². The summed E-state index contributed by atoms with van der Waals surface area (Å²) in [6, 6.07) is 8.06. The minimum atomic E-state index is -0.786. The van der Waals surface area contributed by atoms with Gasteiger partial charge >= 0.3 is 5.97 Å². The lowest BCUT2D eigenvalue weighted by Gasteiger charge is -2.17. The molecule has 5 heteroatoms. The number of carboxylic acid groups (broad SMARTS) is 1. The third-order valence-corrected chi connectivity index (χ3v) is 4.87. The molecule has 1 unspecified atom stereocenters. The molecule has 1 aliphatic carbocycles.